The van der Waals surface area contributed by atoms with E-state index in [1.807, 2.05) is 6.08 Å². The predicted molar refractivity (Wildman–Crippen MR) is 129 cm³/mol. The van der Waals surface area contributed by atoms with Gasteiger partial charge in [-0.25, -0.2) is 0 Å². The van der Waals surface area contributed by atoms with Crippen molar-refractivity contribution < 1.29 is 15.0 Å². The Bertz CT molecular complexity index is 585. The molecule has 0 unspecified atom stereocenters. The molecule has 178 valence electrons. The fourth-order valence-electron chi connectivity index (χ4n) is 5.34. The number of aliphatic hydroxyl groups excluding tert-OH is 2. The van der Waals surface area contributed by atoms with Crippen molar-refractivity contribution in [1.29, 1.82) is 0 Å². The third-order valence-corrected chi connectivity index (χ3v) is 7.20. The highest BCUT2D eigenvalue weighted by molar-refractivity contribution is 5.75. The summed E-state index contributed by atoms with van der Waals surface area (Å²) in [7, 11) is 0. The van der Waals surface area contributed by atoms with Gasteiger partial charge in [0.25, 0.3) is 0 Å². The third-order valence-electron chi connectivity index (χ3n) is 7.20. The van der Waals surface area contributed by atoms with Crippen LogP contribution in [0.4, 0.5) is 0 Å². The van der Waals surface area contributed by atoms with Gasteiger partial charge in [-0.15, -0.1) is 0 Å². The van der Waals surface area contributed by atoms with E-state index >= 15 is 0 Å². The number of carbonyl (C=O) groups is 1. The van der Waals surface area contributed by atoms with Crippen LogP contribution < -0.4 is 5.32 Å². The quantitative estimate of drug-likeness (QED) is 0.235. The molecule has 0 spiro atoms. The number of nitrogens with one attached hydrogen (secondary N) is 1. The Morgan fingerprint density at radius 2 is 2.00 bits per heavy atom. The van der Waals surface area contributed by atoms with Crippen LogP contribution in [0, 0.1) is 23.7 Å². The summed E-state index contributed by atoms with van der Waals surface area (Å²) in [6, 6.07) is 0. The van der Waals surface area contributed by atoms with Crippen molar-refractivity contribution in [3.05, 3.63) is 23.8 Å². The molecule has 0 bridgehead atoms. The Balaban J connectivity index is 1.71. The Morgan fingerprint density at radius 1 is 1.23 bits per heavy atom. The Hall–Kier alpha value is -1.13. The van der Waals surface area contributed by atoms with Gasteiger partial charge >= 0.3 is 0 Å². The molecule has 3 N–H and O–H groups in total. The van der Waals surface area contributed by atoms with Crippen molar-refractivity contribution in [3.63, 3.8) is 0 Å². The van der Waals surface area contributed by atoms with Gasteiger partial charge in [0.05, 0.1) is 12.2 Å². The molecule has 0 heterocycles. The van der Waals surface area contributed by atoms with Crippen LogP contribution >= 0.6 is 0 Å². The first-order chi connectivity index (χ1) is 14.9. The summed E-state index contributed by atoms with van der Waals surface area (Å²) >= 11 is 0. The molecule has 2 aliphatic carbocycles. The van der Waals surface area contributed by atoms with Crippen LogP contribution in [0.2, 0.25) is 0 Å². The van der Waals surface area contributed by atoms with E-state index in [1.54, 1.807) is 0 Å². The topological polar surface area (TPSA) is 69.6 Å². The van der Waals surface area contributed by atoms with Gasteiger partial charge in [0.1, 0.15) is 0 Å². The molecule has 4 nitrogen and oxygen atoms in total. The van der Waals surface area contributed by atoms with E-state index in [9.17, 15) is 15.0 Å². The Kier molecular flexibility index (Phi) is 11.9. The minimum absolute atomic E-state index is 0.156. The van der Waals surface area contributed by atoms with Crippen LogP contribution in [-0.4, -0.2) is 34.9 Å². The molecule has 1 saturated carbocycles. The molecule has 0 aromatic rings. The lowest BCUT2D eigenvalue weighted by molar-refractivity contribution is -0.121. The van der Waals surface area contributed by atoms with Crippen LogP contribution in [-0.2, 0) is 4.79 Å². The number of carbonyl (C=O) groups excluding carboxylic acids is 1. The van der Waals surface area contributed by atoms with Crippen LogP contribution in [0.5, 0.6) is 0 Å². The van der Waals surface area contributed by atoms with Crippen molar-refractivity contribution in [3.8, 4) is 0 Å². The van der Waals surface area contributed by atoms with Gasteiger partial charge in [0.15, 0.2) is 0 Å². The second kappa shape index (κ2) is 14.1. The zero-order valence-corrected chi connectivity index (χ0v) is 20.2. The van der Waals surface area contributed by atoms with Gasteiger partial charge < -0.3 is 15.5 Å². The molecule has 2 rings (SSSR count). The SMILES string of the molecule is CCCCNC(=O)CCCCC1=C[C@H]2C[C@@H](O)[C@H](/C=C/[C@@H](O)C[C@@H](C)CCCC)[C@H]2C1. The van der Waals surface area contributed by atoms with E-state index in [1.165, 1.54) is 24.8 Å². The maximum absolute atomic E-state index is 11.8. The highest BCUT2D eigenvalue weighted by Gasteiger charge is 2.43. The lowest BCUT2D eigenvalue weighted by atomic mass is 9.88. The van der Waals surface area contributed by atoms with Gasteiger partial charge in [0, 0.05) is 18.9 Å². The minimum Gasteiger partial charge on any atom is -0.392 e. The third kappa shape index (κ3) is 9.10. The van der Waals surface area contributed by atoms with Gasteiger partial charge in [-0.1, -0.05) is 70.3 Å². The van der Waals surface area contributed by atoms with Crippen molar-refractivity contribution in [2.75, 3.05) is 6.54 Å². The first kappa shape index (κ1) is 26.1. The van der Waals surface area contributed by atoms with Gasteiger partial charge in [-0.05, 0) is 62.7 Å². The molecule has 1 fully saturated rings. The molecular formula is C27H47NO3. The number of hydrogen-bond donors (Lipinski definition) is 3. The smallest absolute Gasteiger partial charge is 0.219 e. The average molecular weight is 434 g/mol. The van der Waals surface area contributed by atoms with E-state index in [0.717, 1.165) is 57.9 Å². The van der Waals surface area contributed by atoms with Gasteiger partial charge in [-0.2, -0.15) is 0 Å². The van der Waals surface area contributed by atoms with Gasteiger partial charge in [0.2, 0.25) is 5.91 Å². The summed E-state index contributed by atoms with van der Waals surface area (Å²) in [4.78, 5) is 11.8. The molecule has 0 radical (unpaired) electrons. The predicted octanol–water partition coefficient (Wildman–Crippen LogP) is 5.54. The molecule has 6 atom stereocenters. The summed E-state index contributed by atoms with van der Waals surface area (Å²) in [5.74, 6) is 1.82. The molecule has 0 aromatic heterocycles. The maximum Gasteiger partial charge on any atom is 0.219 e. The number of fused-ring (bicyclic) bond motifs is 1. The number of aliphatic hydroxyl groups is 2. The average Bonchev–Trinajstić information content (AvgIpc) is 3.24. The molecule has 0 aliphatic heterocycles. The zero-order valence-electron chi connectivity index (χ0n) is 20.2. The normalized spacial score (nSPS) is 27.3. The van der Waals surface area contributed by atoms with Crippen molar-refractivity contribution in [1.82, 2.24) is 5.32 Å². The summed E-state index contributed by atoms with van der Waals surface area (Å²) in [6.45, 7) is 7.35. The molecule has 31 heavy (non-hydrogen) atoms. The lowest BCUT2D eigenvalue weighted by Gasteiger charge is -2.19. The summed E-state index contributed by atoms with van der Waals surface area (Å²) in [5.41, 5.74) is 1.50. The first-order valence-corrected chi connectivity index (χ1v) is 12.9. The van der Waals surface area contributed by atoms with Crippen LogP contribution in [0.25, 0.3) is 0 Å². The number of unbranched alkanes of at least 4 members (excludes halogenated alkanes) is 3. The summed E-state index contributed by atoms with van der Waals surface area (Å²) < 4.78 is 0. The monoisotopic (exact) mass is 433 g/mol. The standard InChI is InChI=1S/C27H47NO3/c1-4-6-10-20(3)16-23(29)13-14-24-25-18-21(17-22(25)19-26(24)30)11-8-9-12-27(31)28-15-7-5-2/h13-14,17,20,22-26,29-30H,4-12,15-16,18-19H2,1-3H3,(H,28,31)/b14-13+/t20-,22-,23+,24+,25-,26+/m0/s1. The Morgan fingerprint density at radius 3 is 2.74 bits per heavy atom. The lowest BCUT2D eigenvalue weighted by Crippen LogP contribution is -2.23. The largest absolute Gasteiger partial charge is 0.392 e. The number of rotatable bonds is 15. The maximum atomic E-state index is 11.8. The highest BCUT2D eigenvalue weighted by atomic mass is 16.3. The molecule has 0 aromatic carbocycles. The van der Waals surface area contributed by atoms with Gasteiger partial charge in [-0.3, -0.25) is 4.79 Å². The Labute approximate surface area is 190 Å². The minimum atomic E-state index is -0.407. The van der Waals surface area contributed by atoms with Crippen LogP contribution in [0.15, 0.2) is 23.8 Å². The van der Waals surface area contributed by atoms with E-state index < -0.39 is 6.10 Å². The van der Waals surface area contributed by atoms with E-state index in [0.29, 0.717) is 24.2 Å². The highest BCUT2D eigenvalue weighted by Crippen LogP contribution is 2.48. The number of amides is 1. The summed E-state index contributed by atoms with van der Waals surface area (Å²) in [6.07, 6.45) is 17.9. The second-order valence-electron chi connectivity index (χ2n) is 10.1. The van der Waals surface area contributed by atoms with Crippen molar-refractivity contribution >= 4 is 5.91 Å². The molecule has 0 saturated heterocycles. The van der Waals surface area contributed by atoms with E-state index in [2.05, 4.69) is 38.2 Å². The summed E-state index contributed by atoms with van der Waals surface area (Å²) in [5, 5.41) is 23.9. The molecular weight excluding hydrogens is 386 g/mol. The first-order valence-electron chi connectivity index (χ1n) is 12.9. The fourth-order valence-corrected chi connectivity index (χ4v) is 5.34. The van der Waals surface area contributed by atoms with Crippen LogP contribution in [0.3, 0.4) is 0 Å². The second-order valence-corrected chi connectivity index (χ2v) is 10.1. The number of hydrogen-bond acceptors (Lipinski definition) is 3. The fraction of sp³-hybridized carbons (Fsp3) is 0.815. The van der Waals surface area contributed by atoms with Crippen LogP contribution in [0.1, 0.15) is 97.8 Å². The van der Waals surface area contributed by atoms with Crippen molar-refractivity contribution in [2.45, 2.75) is 110 Å². The molecule has 2 aliphatic rings. The zero-order chi connectivity index (χ0) is 22.6. The van der Waals surface area contributed by atoms with Crippen molar-refractivity contribution in [2.24, 2.45) is 23.7 Å². The molecule has 1 amide bonds. The van der Waals surface area contributed by atoms with E-state index in [4.69, 9.17) is 0 Å². The molecule has 4 heteroatoms. The van der Waals surface area contributed by atoms with E-state index in [-0.39, 0.29) is 17.9 Å². The number of allylic oxidation sites excluding steroid dienone is 2.